The summed E-state index contributed by atoms with van der Waals surface area (Å²) in [5.74, 6) is -1.01. The Morgan fingerprint density at radius 1 is 1.08 bits per heavy atom. The molecule has 0 radical (unpaired) electrons. The molecule has 1 aliphatic rings. The number of rotatable bonds is 5. The van der Waals surface area contributed by atoms with Crippen LogP contribution in [0.2, 0.25) is 0 Å². The number of benzene rings is 2. The fourth-order valence-electron chi connectivity index (χ4n) is 2.58. The third kappa shape index (κ3) is 3.96. The van der Waals surface area contributed by atoms with Crippen LogP contribution in [0.15, 0.2) is 69.8 Å². The Labute approximate surface area is 157 Å². The van der Waals surface area contributed by atoms with Gasteiger partial charge in [0.25, 0.3) is 5.76 Å². The molecule has 0 amide bonds. The zero-order valence-corrected chi connectivity index (χ0v) is 15.2. The molecule has 1 aliphatic heterocycles. The van der Waals surface area contributed by atoms with Crippen molar-refractivity contribution in [2.75, 3.05) is 5.75 Å². The van der Waals surface area contributed by atoms with Gasteiger partial charge in [-0.3, -0.25) is 0 Å². The number of hydrogen-bond acceptors (Lipinski definition) is 5. The SMILES string of the molecule is FC(F)Sc1ccc(C2=Nn3nc(Cc4ccccc4)nc3SC2)cc1. The van der Waals surface area contributed by atoms with Gasteiger partial charge in [0.1, 0.15) is 0 Å². The van der Waals surface area contributed by atoms with Crippen molar-refractivity contribution < 1.29 is 8.78 Å². The summed E-state index contributed by atoms with van der Waals surface area (Å²) < 4.78 is 24.8. The van der Waals surface area contributed by atoms with E-state index in [1.165, 1.54) is 0 Å². The molecule has 0 bridgehead atoms. The van der Waals surface area contributed by atoms with Gasteiger partial charge in [-0.15, -0.1) is 9.89 Å². The lowest BCUT2D eigenvalue weighted by molar-refractivity contribution is 0.252. The van der Waals surface area contributed by atoms with Gasteiger partial charge in [0.15, 0.2) is 5.82 Å². The molecule has 4 rings (SSSR count). The largest absolute Gasteiger partial charge is 0.288 e. The molecule has 2 heterocycles. The highest BCUT2D eigenvalue weighted by atomic mass is 32.2. The Hall–Kier alpha value is -2.19. The highest BCUT2D eigenvalue weighted by Gasteiger charge is 2.18. The van der Waals surface area contributed by atoms with Crippen molar-refractivity contribution in [3.63, 3.8) is 0 Å². The summed E-state index contributed by atoms with van der Waals surface area (Å²) in [5, 5.41) is 9.79. The summed E-state index contributed by atoms with van der Waals surface area (Å²) in [7, 11) is 0. The van der Waals surface area contributed by atoms with Crippen LogP contribution >= 0.6 is 23.5 Å². The van der Waals surface area contributed by atoms with Gasteiger partial charge in [-0.1, -0.05) is 66.0 Å². The van der Waals surface area contributed by atoms with Gasteiger partial charge < -0.3 is 0 Å². The second-order valence-corrected chi connectivity index (χ2v) is 7.61. The summed E-state index contributed by atoms with van der Waals surface area (Å²) >= 11 is 2.11. The topological polar surface area (TPSA) is 43.1 Å². The van der Waals surface area contributed by atoms with Crippen LogP contribution in [0.1, 0.15) is 17.0 Å². The summed E-state index contributed by atoms with van der Waals surface area (Å²) in [5.41, 5.74) is 2.91. The summed E-state index contributed by atoms with van der Waals surface area (Å²) in [4.78, 5) is 6.64. The van der Waals surface area contributed by atoms with Gasteiger partial charge in [-0.05, 0) is 23.3 Å². The first kappa shape index (κ1) is 17.2. The highest BCUT2D eigenvalue weighted by Crippen LogP contribution is 2.27. The molecular formula is C18H14F2N4S2. The highest BCUT2D eigenvalue weighted by molar-refractivity contribution is 8.00. The van der Waals surface area contributed by atoms with Crippen molar-refractivity contribution in [1.29, 1.82) is 0 Å². The van der Waals surface area contributed by atoms with Gasteiger partial charge in [-0.2, -0.15) is 13.9 Å². The Morgan fingerprint density at radius 3 is 2.58 bits per heavy atom. The fraction of sp³-hybridized carbons (Fsp3) is 0.167. The van der Waals surface area contributed by atoms with Crippen molar-refractivity contribution in [1.82, 2.24) is 14.9 Å². The van der Waals surface area contributed by atoms with Crippen LogP contribution in [0.4, 0.5) is 8.78 Å². The zero-order chi connectivity index (χ0) is 17.9. The molecule has 0 unspecified atom stereocenters. The molecule has 4 nitrogen and oxygen atoms in total. The zero-order valence-electron chi connectivity index (χ0n) is 13.5. The van der Waals surface area contributed by atoms with Crippen LogP contribution in [0, 0.1) is 0 Å². The normalized spacial score (nSPS) is 13.6. The van der Waals surface area contributed by atoms with Crippen molar-refractivity contribution in [3.05, 3.63) is 71.5 Å². The van der Waals surface area contributed by atoms with Crippen molar-refractivity contribution >= 4 is 29.2 Å². The molecule has 0 fully saturated rings. The Balaban J connectivity index is 1.53. The lowest BCUT2D eigenvalue weighted by Crippen LogP contribution is -2.13. The second-order valence-electron chi connectivity index (χ2n) is 5.60. The minimum Gasteiger partial charge on any atom is -0.204 e. The minimum atomic E-state index is -2.41. The van der Waals surface area contributed by atoms with E-state index >= 15 is 0 Å². The van der Waals surface area contributed by atoms with E-state index in [-0.39, 0.29) is 0 Å². The summed E-state index contributed by atoms with van der Waals surface area (Å²) in [6, 6.07) is 17.1. The Morgan fingerprint density at radius 2 is 1.85 bits per heavy atom. The summed E-state index contributed by atoms with van der Waals surface area (Å²) in [6.45, 7) is 0. The first-order valence-electron chi connectivity index (χ1n) is 7.93. The predicted octanol–water partition coefficient (Wildman–Crippen LogP) is 4.54. The smallest absolute Gasteiger partial charge is 0.204 e. The van der Waals surface area contributed by atoms with E-state index in [0.29, 0.717) is 28.8 Å². The summed E-state index contributed by atoms with van der Waals surface area (Å²) in [6.07, 6.45) is 0.659. The Kier molecular flexibility index (Phi) is 5.03. The van der Waals surface area contributed by atoms with Gasteiger partial charge >= 0.3 is 0 Å². The maximum Gasteiger partial charge on any atom is 0.288 e. The van der Waals surface area contributed by atoms with E-state index in [1.54, 1.807) is 28.7 Å². The van der Waals surface area contributed by atoms with E-state index in [2.05, 4.69) is 15.2 Å². The van der Waals surface area contributed by atoms with Crippen LogP contribution in [0.3, 0.4) is 0 Å². The van der Waals surface area contributed by atoms with E-state index in [1.807, 2.05) is 42.5 Å². The molecule has 0 saturated heterocycles. The number of aromatic nitrogens is 3. The lowest BCUT2D eigenvalue weighted by atomic mass is 10.1. The molecule has 1 aromatic heterocycles. The van der Waals surface area contributed by atoms with E-state index < -0.39 is 5.76 Å². The van der Waals surface area contributed by atoms with Crippen LogP contribution in [0.5, 0.6) is 0 Å². The quantitative estimate of drug-likeness (QED) is 0.602. The number of thioether (sulfide) groups is 2. The van der Waals surface area contributed by atoms with Gasteiger partial charge in [0.05, 0.1) is 5.71 Å². The van der Waals surface area contributed by atoms with E-state index in [9.17, 15) is 8.78 Å². The number of fused-ring (bicyclic) bond motifs is 1. The molecule has 0 saturated carbocycles. The minimum absolute atomic E-state index is 0.541. The fourth-order valence-corrected chi connectivity index (χ4v) is 3.94. The Bertz CT molecular complexity index is 924. The van der Waals surface area contributed by atoms with Crippen LogP contribution in [0.25, 0.3) is 0 Å². The molecule has 0 aliphatic carbocycles. The average Bonchev–Trinajstić information content (AvgIpc) is 3.04. The van der Waals surface area contributed by atoms with Crippen LogP contribution < -0.4 is 0 Å². The van der Waals surface area contributed by atoms with E-state index in [4.69, 9.17) is 0 Å². The predicted molar refractivity (Wildman–Crippen MR) is 100 cm³/mol. The molecule has 8 heteroatoms. The molecule has 0 spiro atoms. The standard InChI is InChI=1S/C18H14F2N4S2/c19-17(20)26-14-8-6-13(7-9-14)15-11-25-18-21-16(23-24(18)22-15)10-12-4-2-1-3-5-12/h1-9,17H,10-11H2. The molecule has 132 valence electrons. The first-order valence-corrected chi connectivity index (χ1v) is 9.80. The van der Waals surface area contributed by atoms with Gasteiger partial charge in [0.2, 0.25) is 5.16 Å². The maximum absolute atomic E-state index is 12.4. The average molecular weight is 388 g/mol. The third-order valence-corrected chi connectivity index (χ3v) is 5.43. The second kappa shape index (κ2) is 7.59. The third-order valence-electron chi connectivity index (χ3n) is 3.78. The van der Waals surface area contributed by atoms with Gasteiger partial charge in [-0.25, -0.2) is 4.98 Å². The lowest BCUT2D eigenvalue weighted by Gasteiger charge is -2.11. The molecule has 3 aromatic rings. The monoisotopic (exact) mass is 388 g/mol. The van der Waals surface area contributed by atoms with Crippen LogP contribution in [-0.2, 0) is 6.42 Å². The van der Waals surface area contributed by atoms with Crippen LogP contribution in [-0.4, -0.2) is 32.1 Å². The molecule has 26 heavy (non-hydrogen) atoms. The number of hydrogen-bond donors (Lipinski definition) is 0. The molecule has 0 atom stereocenters. The van der Waals surface area contributed by atoms with E-state index in [0.717, 1.165) is 27.8 Å². The molecule has 2 aromatic carbocycles. The van der Waals surface area contributed by atoms with Crippen molar-refractivity contribution in [2.24, 2.45) is 5.10 Å². The van der Waals surface area contributed by atoms with Crippen molar-refractivity contribution in [2.45, 2.75) is 22.2 Å². The number of halogens is 2. The van der Waals surface area contributed by atoms with Gasteiger partial charge in [0, 0.05) is 17.1 Å². The molecular weight excluding hydrogens is 374 g/mol. The maximum atomic E-state index is 12.4. The number of nitrogens with zero attached hydrogens (tertiary/aromatic N) is 4. The molecule has 0 N–H and O–H groups in total. The van der Waals surface area contributed by atoms with Crippen molar-refractivity contribution in [3.8, 4) is 0 Å². The first-order chi connectivity index (χ1) is 12.7. The number of alkyl halides is 2.